The standard InChI is InChI=1S/C19H22N2O3S/c1-10-15-8-7-14(23-6)9-16(15)24-18(10)19(22)21(5)11(2)17-12(3)25-13(4)20-17/h7-9,11H,1-6H3. The van der Waals surface area contributed by atoms with E-state index in [0.29, 0.717) is 17.1 Å². The number of furan rings is 1. The zero-order chi connectivity index (χ0) is 18.3. The molecule has 25 heavy (non-hydrogen) atoms. The molecule has 0 saturated heterocycles. The van der Waals surface area contributed by atoms with Gasteiger partial charge in [-0.1, -0.05) is 0 Å². The molecular weight excluding hydrogens is 336 g/mol. The molecule has 2 heterocycles. The Kier molecular flexibility index (Phi) is 4.56. The van der Waals surface area contributed by atoms with Gasteiger partial charge < -0.3 is 14.1 Å². The van der Waals surface area contributed by atoms with Crippen molar-refractivity contribution in [3.05, 3.63) is 45.1 Å². The first-order chi connectivity index (χ1) is 11.8. The van der Waals surface area contributed by atoms with E-state index in [2.05, 4.69) is 4.98 Å². The van der Waals surface area contributed by atoms with Crippen molar-refractivity contribution in [2.75, 3.05) is 14.2 Å². The van der Waals surface area contributed by atoms with Crippen LogP contribution in [0.1, 0.15) is 44.7 Å². The molecule has 0 spiro atoms. The number of hydrogen-bond donors (Lipinski definition) is 0. The number of carbonyl (C=O) groups is 1. The lowest BCUT2D eigenvalue weighted by Crippen LogP contribution is -2.30. The molecule has 1 unspecified atom stereocenters. The number of aryl methyl sites for hydroxylation is 3. The summed E-state index contributed by atoms with van der Waals surface area (Å²) >= 11 is 1.65. The van der Waals surface area contributed by atoms with Crippen LogP contribution in [0.3, 0.4) is 0 Å². The quantitative estimate of drug-likeness (QED) is 0.681. The van der Waals surface area contributed by atoms with E-state index in [1.54, 1.807) is 36.5 Å². The molecule has 0 saturated carbocycles. The van der Waals surface area contributed by atoms with Gasteiger partial charge in [-0.15, -0.1) is 11.3 Å². The Bertz CT molecular complexity index is 942. The van der Waals surface area contributed by atoms with Crippen molar-refractivity contribution in [2.45, 2.75) is 33.7 Å². The minimum atomic E-state index is -0.148. The van der Waals surface area contributed by atoms with E-state index in [1.807, 2.05) is 39.8 Å². The van der Waals surface area contributed by atoms with Crippen molar-refractivity contribution in [3.8, 4) is 5.75 Å². The van der Waals surface area contributed by atoms with Crippen LogP contribution in [0.25, 0.3) is 11.0 Å². The van der Waals surface area contributed by atoms with Crippen molar-refractivity contribution < 1.29 is 13.9 Å². The lowest BCUT2D eigenvalue weighted by Gasteiger charge is -2.23. The van der Waals surface area contributed by atoms with Crippen molar-refractivity contribution in [3.63, 3.8) is 0 Å². The summed E-state index contributed by atoms with van der Waals surface area (Å²) in [5, 5.41) is 1.93. The van der Waals surface area contributed by atoms with Crippen molar-refractivity contribution >= 4 is 28.2 Å². The molecule has 1 amide bonds. The molecule has 5 nitrogen and oxygen atoms in total. The number of benzene rings is 1. The van der Waals surface area contributed by atoms with Gasteiger partial charge in [-0.3, -0.25) is 4.79 Å². The third kappa shape index (κ3) is 3.02. The summed E-state index contributed by atoms with van der Waals surface area (Å²) in [5.74, 6) is 0.919. The van der Waals surface area contributed by atoms with Crippen LogP contribution in [0.5, 0.6) is 5.75 Å². The van der Waals surface area contributed by atoms with Crippen molar-refractivity contribution in [1.29, 1.82) is 0 Å². The van der Waals surface area contributed by atoms with E-state index >= 15 is 0 Å². The number of thiazole rings is 1. The van der Waals surface area contributed by atoms with Crippen LogP contribution in [0.15, 0.2) is 22.6 Å². The minimum Gasteiger partial charge on any atom is -0.497 e. The maximum absolute atomic E-state index is 13.0. The van der Waals surface area contributed by atoms with Crippen LogP contribution in [-0.2, 0) is 0 Å². The molecule has 0 aliphatic heterocycles. The molecule has 0 bridgehead atoms. The number of ether oxygens (including phenoxy) is 1. The Balaban J connectivity index is 1.95. The molecule has 6 heteroatoms. The van der Waals surface area contributed by atoms with Crippen molar-refractivity contribution in [2.24, 2.45) is 0 Å². The summed E-state index contributed by atoms with van der Waals surface area (Å²) in [5.41, 5.74) is 2.43. The third-order valence-electron chi connectivity index (χ3n) is 4.58. The number of carbonyl (C=O) groups excluding carboxylic acids is 1. The van der Waals surface area contributed by atoms with E-state index < -0.39 is 0 Å². The predicted octanol–water partition coefficient (Wildman–Crippen LogP) is 4.66. The Hall–Kier alpha value is -2.34. The SMILES string of the molecule is COc1ccc2c(C)c(C(=O)N(C)C(C)c3nc(C)sc3C)oc2c1. The molecular formula is C19H22N2O3S. The zero-order valence-electron chi connectivity index (χ0n) is 15.3. The highest BCUT2D eigenvalue weighted by molar-refractivity contribution is 7.11. The average Bonchev–Trinajstić information content (AvgIpc) is 3.11. The highest BCUT2D eigenvalue weighted by atomic mass is 32.1. The normalized spacial score (nSPS) is 12.4. The molecule has 0 aliphatic rings. The fraction of sp³-hybridized carbons (Fsp3) is 0.368. The van der Waals surface area contributed by atoms with Crippen LogP contribution in [0.2, 0.25) is 0 Å². The molecule has 0 aliphatic carbocycles. The van der Waals surface area contributed by atoms with Gasteiger partial charge in [-0.2, -0.15) is 0 Å². The van der Waals surface area contributed by atoms with Gasteiger partial charge in [0.1, 0.15) is 11.3 Å². The van der Waals surface area contributed by atoms with Crippen LogP contribution in [0, 0.1) is 20.8 Å². The first kappa shape index (κ1) is 17.5. The number of fused-ring (bicyclic) bond motifs is 1. The second-order valence-corrected chi connectivity index (χ2v) is 7.59. The number of hydrogen-bond acceptors (Lipinski definition) is 5. The van der Waals surface area contributed by atoms with Crippen LogP contribution in [-0.4, -0.2) is 29.9 Å². The summed E-state index contributed by atoms with van der Waals surface area (Å²) in [6.45, 7) is 7.91. The molecule has 0 N–H and O–H groups in total. The lowest BCUT2D eigenvalue weighted by molar-refractivity contribution is 0.0709. The molecule has 2 aromatic heterocycles. The van der Waals surface area contributed by atoms with Gasteiger partial charge >= 0.3 is 0 Å². The minimum absolute atomic E-state index is 0.125. The monoisotopic (exact) mass is 358 g/mol. The highest BCUT2D eigenvalue weighted by Crippen LogP contribution is 2.32. The number of rotatable bonds is 4. The first-order valence-electron chi connectivity index (χ1n) is 8.11. The fourth-order valence-electron chi connectivity index (χ4n) is 2.99. The van der Waals surface area contributed by atoms with Gasteiger partial charge in [0.2, 0.25) is 0 Å². The lowest BCUT2D eigenvalue weighted by atomic mass is 10.1. The number of nitrogens with zero attached hydrogens (tertiary/aromatic N) is 2. The number of amides is 1. The Morgan fingerprint density at radius 3 is 2.64 bits per heavy atom. The molecule has 0 fully saturated rings. The Morgan fingerprint density at radius 1 is 1.32 bits per heavy atom. The topological polar surface area (TPSA) is 55.6 Å². The van der Waals surface area contributed by atoms with E-state index in [4.69, 9.17) is 9.15 Å². The maximum Gasteiger partial charge on any atom is 0.290 e. The number of methoxy groups -OCH3 is 1. The summed E-state index contributed by atoms with van der Waals surface area (Å²) in [6, 6.07) is 5.46. The van der Waals surface area contributed by atoms with Gasteiger partial charge in [0.15, 0.2) is 5.76 Å². The average molecular weight is 358 g/mol. The van der Waals surface area contributed by atoms with E-state index in [0.717, 1.165) is 26.5 Å². The van der Waals surface area contributed by atoms with Crippen molar-refractivity contribution in [1.82, 2.24) is 9.88 Å². The summed E-state index contributed by atoms with van der Waals surface area (Å²) < 4.78 is 11.1. The Morgan fingerprint density at radius 2 is 2.04 bits per heavy atom. The van der Waals surface area contributed by atoms with Gasteiger partial charge in [-0.05, 0) is 39.8 Å². The van der Waals surface area contributed by atoms with Crippen LogP contribution in [0.4, 0.5) is 0 Å². The fourth-order valence-corrected chi connectivity index (χ4v) is 3.90. The molecule has 132 valence electrons. The predicted molar refractivity (Wildman–Crippen MR) is 99.6 cm³/mol. The highest BCUT2D eigenvalue weighted by Gasteiger charge is 2.27. The maximum atomic E-state index is 13.0. The number of aromatic nitrogens is 1. The third-order valence-corrected chi connectivity index (χ3v) is 5.48. The molecule has 0 radical (unpaired) electrons. The van der Waals surface area contributed by atoms with Crippen LogP contribution >= 0.6 is 11.3 Å². The van der Waals surface area contributed by atoms with Crippen LogP contribution < -0.4 is 4.74 Å². The Labute approximate surface area is 151 Å². The second kappa shape index (κ2) is 6.52. The summed E-state index contributed by atoms with van der Waals surface area (Å²) in [4.78, 5) is 20.4. The van der Waals surface area contributed by atoms with E-state index in [9.17, 15) is 4.79 Å². The zero-order valence-corrected chi connectivity index (χ0v) is 16.2. The van der Waals surface area contributed by atoms with E-state index in [-0.39, 0.29) is 11.9 Å². The second-order valence-electron chi connectivity index (χ2n) is 6.18. The summed E-state index contributed by atoms with van der Waals surface area (Å²) in [7, 11) is 3.39. The molecule has 3 aromatic rings. The van der Waals surface area contributed by atoms with Gasteiger partial charge in [0, 0.05) is 28.9 Å². The smallest absolute Gasteiger partial charge is 0.290 e. The molecule has 1 aromatic carbocycles. The summed E-state index contributed by atoms with van der Waals surface area (Å²) in [6.07, 6.45) is 0. The molecule has 3 rings (SSSR count). The molecule has 1 atom stereocenters. The first-order valence-corrected chi connectivity index (χ1v) is 8.93. The largest absolute Gasteiger partial charge is 0.497 e. The van der Waals surface area contributed by atoms with E-state index in [1.165, 1.54) is 0 Å². The van der Waals surface area contributed by atoms with Gasteiger partial charge in [0.25, 0.3) is 5.91 Å². The van der Waals surface area contributed by atoms with Gasteiger partial charge in [0.05, 0.1) is 23.9 Å². The van der Waals surface area contributed by atoms with Gasteiger partial charge in [-0.25, -0.2) is 4.98 Å².